The van der Waals surface area contributed by atoms with E-state index in [4.69, 9.17) is 32.1 Å². The minimum atomic E-state index is -0.869. The van der Waals surface area contributed by atoms with Gasteiger partial charge in [0, 0.05) is 10.8 Å². The van der Waals surface area contributed by atoms with Crippen molar-refractivity contribution in [3.8, 4) is 22.3 Å². The number of hydrogen-bond acceptors (Lipinski definition) is 2. The van der Waals surface area contributed by atoms with Crippen molar-refractivity contribution in [2.24, 2.45) is 0 Å². The maximum absolute atomic E-state index is 9.59. The van der Waals surface area contributed by atoms with Crippen LogP contribution in [-0.2, 0) is 0 Å². The van der Waals surface area contributed by atoms with Crippen molar-refractivity contribution < 1.29 is 36.2 Å². The molecule has 0 fully saturated rings. The van der Waals surface area contributed by atoms with E-state index >= 15 is 0 Å². The Bertz CT molecular complexity index is 3090. The average molecular weight is 481 g/mol. The SMILES string of the molecule is [2H]c1oc2c(c1[2H])c(-c1c3c([2H])c([2H])c([2H])c([2H])c3c(-c3c([2H])c([2H])c([2H])c([2H])c3[2H])c3c([2H])c([2H])c([2H])c([2H])c13)c([2H])c1oc3c([2H])c([2H])c([2H])c([2H])c3c12. The molecule has 2 nitrogen and oxygen atoms in total. The first-order valence-electron chi connectivity index (χ1n) is 20.6. The summed E-state index contributed by atoms with van der Waals surface area (Å²) in [4.78, 5) is 0. The topological polar surface area (TPSA) is 26.3 Å². The molecule has 6 aromatic carbocycles. The molecule has 8 rings (SSSR count). The number of benzene rings is 6. The third-order valence-electron chi connectivity index (χ3n) is 5.98. The highest BCUT2D eigenvalue weighted by atomic mass is 16.3. The summed E-state index contributed by atoms with van der Waals surface area (Å²) in [6, 6.07) is -15.2. The monoisotopic (exact) mass is 480 g/mol. The van der Waals surface area contributed by atoms with Gasteiger partial charge in [-0.1, -0.05) is 96.7 Å². The second-order valence-corrected chi connectivity index (χ2v) is 7.79. The molecule has 0 aliphatic carbocycles. The van der Waals surface area contributed by atoms with Crippen LogP contribution in [-0.4, -0.2) is 0 Å². The van der Waals surface area contributed by atoms with Crippen LogP contribution in [0.4, 0.5) is 0 Å². The lowest BCUT2D eigenvalue weighted by Crippen LogP contribution is -1.91. The van der Waals surface area contributed by atoms with Crippen molar-refractivity contribution in [1.82, 2.24) is 0 Å². The van der Waals surface area contributed by atoms with Crippen molar-refractivity contribution in [2.45, 2.75) is 0 Å². The minimum Gasteiger partial charge on any atom is -0.464 e. The predicted molar refractivity (Wildman–Crippen MR) is 149 cm³/mol. The fourth-order valence-corrected chi connectivity index (χ4v) is 4.58. The molecular formula is C34H20O2. The Balaban J connectivity index is 1.80. The number of hydrogen-bond donors (Lipinski definition) is 0. The van der Waals surface area contributed by atoms with Gasteiger partial charge in [0.25, 0.3) is 0 Å². The largest absolute Gasteiger partial charge is 0.464 e. The second-order valence-electron chi connectivity index (χ2n) is 7.79. The molecule has 2 aromatic heterocycles. The van der Waals surface area contributed by atoms with Crippen LogP contribution in [0.5, 0.6) is 0 Å². The number of furan rings is 2. The number of rotatable bonds is 2. The Labute approximate surface area is 235 Å². The highest BCUT2D eigenvalue weighted by Gasteiger charge is 2.21. The molecule has 168 valence electrons. The van der Waals surface area contributed by atoms with E-state index in [1.54, 1.807) is 0 Å². The van der Waals surface area contributed by atoms with Crippen molar-refractivity contribution in [3.05, 3.63) is 121 Å². The van der Waals surface area contributed by atoms with Crippen LogP contribution in [0.3, 0.4) is 0 Å². The van der Waals surface area contributed by atoms with Gasteiger partial charge < -0.3 is 8.83 Å². The summed E-state index contributed by atoms with van der Waals surface area (Å²) < 4.78 is 186. The standard InChI is InChI=1S/C34H20O2/c1-2-10-21(11-3-1)31-22-12-4-6-14-24(22)32(25-15-7-5-13-23(25)31)28-20-30-33(34-26(28)18-19-35-34)27-16-8-9-17-29(27)36-30/h1-20H/i1D,2D,3D,4D,5D,6D,7D,8D,9D,10D,11D,12D,13D,14D,15D,16D,17D,18D,19D,20D. The van der Waals surface area contributed by atoms with Gasteiger partial charge in [-0.3, -0.25) is 0 Å². The smallest absolute Gasteiger partial charge is 0.146 e. The van der Waals surface area contributed by atoms with E-state index in [2.05, 4.69) is 0 Å². The zero-order valence-corrected chi connectivity index (χ0v) is 17.8. The van der Waals surface area contributed by atoms with Gasteiger partial charge in [0.15, 0.2) is 0 Å². The molecule has 0 saturated carbocycles. The van der Waals surface area contributed by atoms with Crippen LogP contribution < -0.4 is 0 Å². The third kappa shape index (κ3) is 2.61. The van der Waals surface area contributed by atoms with Crippen molar-refractivity contribution in [3.63, 3.8) is 0 Å². The fourth-order valence-electron chi connectivity index (χ4n) is 4.58. The molecule has 0 unspecified atom stereocenters. The van der Waals surface area contributed by atoms with Crippen LogP contribution in [0.2, 0.25) is 0 Å². The number of fused-ring (bicyclic) bond motifs is 7. The first-order valence-corrected chi connectivity index (χ1v) is 10.6. The van der Waals surface area contributed by atoms with Crippen molar-refractivity contribution >= 4 is 54.5 Å². The zero-order chi connectivity index (χ0) is 41.0. The summed E-state index contributed by atoms with van der Waals surface area (Å²) in [6.45, 7) is 0. The normalized spacial score (nSPS) is 19.7. The van der Waals surface area contributed by atoms with Crippen LogP contribution in [0.1, 0.15) is 27.4 Å². The van der Waals surface area contributed by atoms with Crippen LogP contribution in [0, 0.1) is 0 Å². The molecule has 0 aliphatic rings. The lowest BCUT2D eigenvalue weighted by Gasteiger charge is -2.18. The fraction of sp³-hybridized carbons (Fsp3) is 0. The number of para-hydroxylation sites is 1. The van der Waals surface area contributed by atoms with Gasteiger partial charge in [-0.25, -0.2) is 0 Å². The van der Waals surface area contributed by atoms with Gasteiger partial charge in [0.1, 0.15) is 18.1 Å². The highest BCUT2D eigenvalue weighted by Crippen LogP contribution is 2.47. The Hall–Kier alpha value is -4.82. The summed E-state index contributed by atoms with van der Waals surface area (Å²) in [5.74, 6) is 0. The van der Waals surface area contributed by atoms with E-state index in [-0.39, 0.29) is 10.8 Å². The predicted octanol–water partition coefficient (Wildman–Crippen LogP) is 9.97. The molecule has 0 N–H and O–H groups in total. The molecule has 2 heteroatoms. The van der Waals surface area contributed by atoms with Gasteiger partial charge in [0.05, 0.1) is 37.7 Å². The minimum absolute atomic E-state index is 0.240. The summed E-state index contributed by atoms with van der Waals surface area (Å²) >= 11 is 0. The van der Waals surface area contributed by atoms with E-state index in [9.17, 15) is 4.11 Å². The molecule has 0 aliphatic heterocycles. The van der Waals surface area contributed by atoms with Crippen molar-refractivity contribution in [2.75, 3.05) is 0 Å². The van der Waals surface area contributed by atoms with E-state index in [0.717, 1.165) is 0 Å². The molecule has 0 atom stereocenters. The molecule has 36 heavy (non-hydrogen) atoms. The highest BCUT2D eigenvalue weighted by molar-refractivity contribution is 6.27. The summed E-state index contributed by atoms with van der Waals surface area (Å²) in [7, 11) is 0. The molecule has 0 spiro atoms. The summed E-state index contributed by atoms with van der Waals surface area (Å²) in [5, 5.41) is -3.18. The molecule has 2 heterocycles. The van der Waals surface area contributed by atoms with E-state index in [1.807, 2.05) is 0 Å². The molecule has 0 radical (unpaired) electrons. The first kappa shape index (κ1) is 8.39. The molecule has 0 amide bonds. The van der Waals surface area contributed by atoms with Crippen LogP contribution >= 0.6 is 0 Å². The maximum Gasteiger partial charge on any atom is 0.146 e. The lowest BCUT2D eigenvalue weighted by molar-refractivity contribution is 0.618. The third-order valence-corrected chi connectivity index (χ3v) is 5.98. The molecule has 0 saturated heterocycles. The lowest BCUT2D eigenvalue weighted by atomic mass is 9.85. The Morgan fingerprint density at radius 3 is 1.78 bits per heavy atom. The Kier molecular flexibility index (Phi) is 1.71. The first-order chi connectivity index (χ1) is 26.2. The van der Waals surface area contributed by atoms with Gasteiger partial charge in [-0.15, -0.1) is 0 Å². The second kappa shape index (κ2) is 7.34. The summed E-state index contributed by atoms with van der Waals surface area (Å²) in [6.07, 6.45) is -0.809. The van der Waals surface area contributed by atoms with Gasteiger partial charge in [-0.2, -0.15) is 0 Å². The molecule has 0 bridgehead atoms. The van der Waals surface area contributed by atoms with Crippen molar-refractivity contribution in [1.29, 1.82) is 0 Å². The average Bonchev–Trinajstić information content (AvgIpc) is 3.72. The zero-order valence-electron chi connectivity index (χ0n) is 37.8. The van der Waals surface area contributed by atoms with Gasteiger partial charge >= 0.3 is 0 Å². The van der Waals surface area contributed by atoms with E-state index in [0.29, 0.717) is 0 Å². The quantitative estimate of drug-likeness (QED) is 0.230. The van der Waals surface area contributed by atoms with Gasteiger partial charge in [0.2, 0.25) is 0 Å². The van der Waals surface area contributed by atoms with E-state index < -0.39 is 187 Å². The van der Waals surface area contributed by atoms with Crippen LogP contribution in [0.15, 0.2) is 130 Å². The van der Waals surface area contributed by atoms with E-state index in [1.165, 1.54) is 0 Å². The molecule has 8 aromatic rings. The van der Waals surface area contributed by atoms with Crippen LogP contribution in [0.25, 0.3) is 76.7 Å². The molecular weight excluding hydrogens is 440 g/mol. The Morgan fingerprint density at radius 2 is 1.08 bits per heavy atom. The van der Waals surface area contributed by atoms with Gasteiger partial charge in [-0.05, 0) is 61.9 Å². The maximum atomic E-state index is 9.59. The summed E-state index contributed by atoms with van der Waals surface area (Å²) in [5.41, 5.74) is -3.57. The Morgan fingerprint density at radius 1 is 0.500 bits per heavy atom.